The monoisotopic (exact) mass is 492 g/mol. The number of rotatable bonds is 5. The summed E-state index contributed by atoms with van der Waals surface area (Å²) in [6.45, 7) is 0.160. The lowest BCUT2D eigenvalue weighted by Crippen LogP contribution is -2.53. The number of amides is 1. The van der Waals surface area contributed by atoms with Crippen molar-refractivity contribution in [3.8, 4) is 5.75 Å². The quantitative estimate of drug-likeness (QED) is 0.639. The summed E-state index contributed by atoms with van der Waals surface area (Å²) in [5, 5.41) is 0. The molecular formula is C23H25FN2O7S. The maximum Gasteiger partial charge on any atom is 0.308 e. The zero-order valence-corrected chi connectivity index (χ0v) is 19.5. The number of esters is 1. The predicted molar refractivity (Wildman–Crippen MR) is 120 cm³/mol. The number of likely N-dealkylation sites (N-methyl/N-ethyl adjacent to an activating group) is 1. The molecule has 0 aromatic heterocycles. The maximum absolute atomic E-state index is 13.3. The summed E-state index contributed by atoms with van der Waals surface area (Å²) in [7, 11) is -0.997. The van der Waals surface area contributed by atoms with Gasteiger partial charge in [0.2, 0.25) is 0 Å². The molecule has 11 heteroatoms. The molecule has 2 heterocycles. The lowest BCUT2D eigenvalue weighted by molar-refractivity contribution is -0.151. The Morgan fingerprint density at radius 3 is 2.65 bits per heavy atom. The highest BCUT2D eigenvalue weighted by molar-refractivity contribution is 7.92. The number of halogens is 1. The first-order valence-corrected chi connectivity index (χ1v) is 12.2. The average Bonchev–Trinajstić information content (AvgIpc) is 2.81. The van der Waals surface area contributed by atoms with E-state index in [4.69, 9.17) is 14.2 Å². The molecule has 0 bridgehead atoms. The Kier molecular flexibility index (Phi) is 6.76. The van der Waals surface area contributed by atoms with Crippen LogP contribution < -0.4 is 9.46 Å². The van der Waals surface area contributed by atoms with Crippen LogP contribution in [0.4, 0.5) is 10.1 Å². The Labute approximate surface area is 196 Å². The lowest BCUT2D eigenvalue weighted by atomic mass is 9.94. The molecule has 34 heavy (non-hydrogen) atoms. The number of sulfonamides is 1. The predicted octanol–water partition coefficient (Wildman–Crippen LogP) is 2.57. The molecule has 4 rings (SSSR count). The molecular weight excluding hydrogens is 467 g/mol. The van der Waals surface area contributed by atoms with Gasteiger partial charge in [-0.1, -0.05) is 0 Å². The Bertz CT molecular complexity index is 1190. The number of anilines is 1. The number of carbonyl (C=O) groups is 2. The molecule has 0 saturated carbocycles. The molecule has 1 amide bonds. The molecule has 1 saturated heterocycles. The fourth-order valence-corrected chi connectivity index (χ4v) is 5.24. The van der Waals surface area contributed by atoms with Crippen LogP contribution in [0.5, 0.6) is 5.75 Å². The van der Waals surface area contributed by atoms with Crippen molar-refractivity contribution in [3.05, 3.63) is 53.8 Å². The number of carbonyl (C=O) groups excluding carboxylic acids is 2. The normalized spacial score (nSPS) is 22.5. The van der Waals surface area contributed by atoms with Crippen LogP contribution in [-0.4, -0.2) is 64.2 Å². The summed E-state index contributed by atoms with van der Waals surface area (Å²) >= 11 is 0. The van der Waals surface area contributed by atoms with Crippen LogP contribution in [0.25, 0.3) is 0 Å². The summed E-state index contributed by atoms with van der Waals surface area (Å²) in [6, 6.07) is 8.56. The Balaban J connectivity index is 1.55. The van der Waals surface area contributed by atoms with Crippen LogP contribution in [0, 0.1) is 5.82 Å². The molecule has 3 atom stereocenters. The summed E-state index contributed by atoms with van der Waals surface area (Å²) in [5.74, 6) is -0.964. The highest BCUT2D eigenvalue weighted by Gasteiger charge is 2.39. The van der Waals surface area contributed by atoms with Gasteiger partial charge in [0.15, 0.2) is 0 Å². The summed E-state index contributed by atoms with van der Waals surface area (Å²) in [6.07, 6.45) is 0.582. The van der Waals surface area contributed by atoms with E-state index in [-0.39, 0.29) is 53.2 Å². The second-order valence-corrected chi connectivity index (χ2v) is 9.90. The Morgan fingerprint density at radius 2 is 1.94 bits per heavy atom. The van der Waals surface area contributed by atoms with Crippen molar-refractivity contribution in [3.63, 3.8) is 0 Å². The van der Waals surface area contributed by atoms with Gasteiger partial charge < -0.3 is 19.1 Å². The van der Waals surface area contributed by atoms with Crippen LogP contribution >= 0.6 is 0 Å². The first kappa shape index (κ1) is 24.0. The van der Waals surface area contributed by atoms with Crippen molar-refractivity contribution < 1.29 is 36.6 Å². The van der Waals surface area contributed by atoms with Gasteiger partial charge >= 0.3 is 5.97 Å². The fraction of sp³-hybridized carbons (Fsp3) is 0.391. The number of nitrogens with zero attached hydrogens (tertiary/aromatic N) is 1. The van der Waals surface area contributed by atoms with E-state index in [1.807, 2.05) is 0 Å². The lowest BCUT2D eigenvalue weighted by Gasteiger charge is -2.42. The fourth-order valence-electron chi connectivity index (χ4n) is 4.19. The smallest absolute Gasteiger partial charge is 0.308 e. The van der Waals surface area contributed by atoms with Gasteiger partial charge in [0.1, 0.15) is 24.3 Å². The van der Waals surface area contributed by atoms with Crippen molar-refractivity contribution in [1.82, 2.24) is 4.90 Å². The minimum Gasteiger partial charge on any atom is -0.490 e. The van der Waals surface area contributed by atoms with Crippen molar-refractivity contribution in [1.29, 1.82) is 0 Å². The number of methoxy groups -OCH3 is 1. The van der Waals surface area contributed by atoms with Gasteiger partial charge in [-0.25, -0.2) is 12.8 Å². The van der Waals surface area contributed by atoms with Crippen LogP contribution in [0.15, 0.2) is 47.4 Å². The third kappa shape index (κ3) is 5.00. The first-order valence-electron chi connectivity index (χ1n) is 10.7. The minimum absolute atomic E-state index is 0.107. The van der Waals surface area contributed by atoms with Gasteiger partial charge in [-0.2, -0.15) is 0 Å². The molecule has 2 aromatic carbocycles. The first-order chi connectivity index (χ1) is 16.2. The van der Waals surface area contributed by atoms with E-state index in [1.165, 1.54) is 25.3 Å². The SMILES string of the molecule is COC(=O)C[C@@H]1CC[C@@H]2[C@H](COc3ccc(NS(=O)(=O)c4ccc(F)cc4)cc3C(=O)N2C)O1. The van der Waals surface area contributed by atoms with Gasteiger partial charge in [-0.15, -0.1) is 0 Å². The zero-order chi connectivity index (χ0) is 24.5. The van der Waals surface area contributed by atoms with E-state index in [9.17, 15) is 22.4 Å². The maximum atomic E-state index is 13.3. The third-order valence-electron chi connectivity index (χ3n) is 6.01. The zero-order valence-electron chi connectivity index (χ0n) is 18.7. The molecule has 0 unspecified atom stereocenters. The average molecular weight is 493 g/mol. The number of nitrogens with one attached hydrogen (secondary N) is 1. The van der Waals surface area contributed by atoms with Gasteiger partial charge in [0.25, 0.3) is 15.9 Å². The highest BCUT2D eigenvalue weighted by Crippen LogP contribution is 2.33. The summed E-state index contributed by atoms with van der Waals surface area (Å²) in [5.41, 5.74) is 0.375. The van der Waals surface area contributed by atoms with Crippen LogP contribution in [0.3, 0.4) is 0 Å². The standard InChI is InChI=1S/C23H25FN2O7S/c1-26-19-9-6-16(12-22(27)31-2)33-21(19)13-32-20-10-5-15(11-18(20)23(26)28)25-34(29,30)17-7-3-14(24)4-8-17/h3-5,7-8,10-11,16,19,21,25H,6,9,12-13H2,1-2H3/t16-,19+,21-/m0/s1. The van der Waals surface area contributed by atoms with Crippen LogP contribution in [0.2, 0.25) is 0 Å². The molecule has 0 aliphatic carbocycles. The van der Waals surface area contributed by atoms with Crippen LogP contribution in [-0.2, 0) is 24.3 Å². The van der Waals surface area contributed by atoms with E-state index in [1.54, 1.807) is 11.9 Å². The number of fused-ring (bicyclic) bond motifs is 2. The molecule has 182 valence electrons. The van der Waals surface area contributed by atoms with Crippen molar-refractivity contribution in [2.45, 2.75) is 42.4 Å². The molecule has 2 aromatic rings. The number of benzene rings is 2. The molecule has 2 aliphatic rings. The van der Waals surface area contributed by atoms with E-state index < -0.39 is 21.9 Å². The van der Waals surface area contributed by atoms with E-state index >= 15 is 0 Å². The van der Waals surface area contributed by atoms with E-state index in [0.29, 0.717) is 18.6 Å². The van der Waals surface area contributed by atoms with E-state index in [0.717, 1.165) is 24.3 Å². The topological polar surface area (TPSA) is 111 Å². The molecule has 1 N–H and O–H groups in total. The van der Waals surface area contributed by atoms with Crippen molar-refractivity contribution in [2.75, 3.05) is 25.5 Å². The van der Waals surface area contributed by atoms with Gasteiger partial charge in [-0.05, 0) is 55.3 Å². The molecule has 9 nitrogen and oxygen atoms in total. The minimum atomic E-state index is -3.98. The van der Waals surface area contributed by atoms with Gasteiger partial charge in [0.05, 0.1) is 36.1 Å². The number of hydrogen-bond acceptors (Lipinski definition) is 7. The summed E-state index contributed by atoms with van der Waals surface area (Å²) < 4.78 is 57.5. The Hall–Kier alpha value is -3.18. The second-order valence-electron chi connectivity index (χ2n) is 8.22. The van der Waals surface area contributed by atoms with Crippen molar-refractivity contribution >= 4 is 27.6 Å². The third-order valence-corrected chi connectivity index (χ3v) is 7.41. The number of ether oxygens (including phenoxy) is 3. The van der Waals surface area contributed by atoms with Gasteiger partial charge in [-0.3, -0.25) is 14.3 Å². The molecule has 1 fully saturated rings. The molecule has 0 radical (unpaired) electrons. The van der Waals surface area contributed by atoms with Gasteiger partial charge in [0, 0.05) is 12.7 Å². The summed E-state index contributed by atoms with van der Waals surface area (Å²) in [4.78, 5) is 26.3. The molecule has 0 spiro atoms. The van der Waals surface area contributed by atoms with E-state index in [2.05, 4.69) is 4.72 Å². The Morgan fingerprint density at radius 1 is 1.21 bits per heavy atom. The number of hydrogen-bond donors (Lipinski definition) is 1. The molecule has 2 aliphatic heterocycles. The second kappa shape index (κ2) is 9.59. The van der Waals surface area contributed by atoms with Crippen molar-refractivity contribution in [2.24, 2.45) is 0 Å². The van der Waals surface area contributed by atoms with Crippen LogP contribution in [0.1, 0.15) is 29.6 Å². The highest BCUT2D eigenvalue weighted by atomic mass is 32.2. The largest absolute Gasteiger partial charge is 0.490 e.